The molecule has 6 heteroatoms. The van der Waals surface area contributed by atoms with Gasteiger partial charge in [-0.15, -0.1) is 0 Å². The van der Waals surface area contributed by atoms with Gasteiger partial charge in [-0.25, -0.2) is 9.59 Å². The van der Waals surface area contributed by atoms with Gasteiger partial charge in [-0.3, -0.25) is 4.79 Å². The van der Waals surface area contributed by atoms with E-state index >= 15 is 0 Å². The number of aliphatic carboxylic acids is 1. The van der Waals surface area contributed by atoms with Gasteiger partial charge >= 0.3 is 17.8 Å². The molecule has 1 unspecified atom stereocenters. The smallest absolute Gasteiger partial charge is 0.397 e. The summed E-state index contributed by atoms with van der Waals surface area (Å²) < 4.78 is 4.52. The lowest BCUT2D eigenvalue weighted by Gasteiger charge is -2.19. The standard InChI is InChI=1S/C9H13NO5/c1-2-15-9(14)7(11)10-5-3-4-6(10)8(12)13/h6H,2-5H2,1H3,(H,12,13). The van der Waals surface area contributed by atoms with Gasteiger partial charge in [0, 0.05) is 6.54 Å². The fourth-order valence-electron chi connectivity index (χ4n) is 1.58. The van der Waals surface area contributed by atoms with Gasteiger partial charge < -0.3 is 14.7 Å². The molecule has 0 aromatic rings. The summed E-state index contributed by atoms with van der Waals surface area (Å²) in [5.74, 6) is -2.92. The average molecular weight is 215 g/mol. The third kappa shape index (κ3) is 2.45. The molecule has 15 heavy (non-hydrogen) atoms. The number of rotatable bonds is 2. The zero-order chi connectivity index (χ0) is 11.4. The molecular weight excluding hydrogens is 202 g/mol. The first-order valence-electron chi connectivity index (χ1n) is 4.78. The third-order valence-corrected chi connectivity index (χ3v) is 2.25. The molecule has 1 N–H and O–H groups in total. The second kappa shape index (κ2) is 4.77. The molecule has 1 aliphatic rings. The van der Waals surface area contributed by atoms with Crippen molar-refractivity contribution in [3.63, 3.8) is 0 Å². The summed E-state index contributed by atoms with van der Waals surface area (Å²) in [5.41, 5.74) is 0. The number of esters is 1. The van der Waals surface area contributed by atoms with E-state index in [-0.39, 0.29) is 6.61 Å². The number of carboxylic acids is 1. The molecule has 0 aromatic heterocycles. The highest BCUT2D eigenvalue weighted by molar-refractivity contribution is 6.32. The van der Waals surface area contributed by atoms with Gasteiger partial charge in [0.2, 0.25) is 0 Å². The van der Waals surface area contributed by atoms with Crippen molar-refractivity contribution < 1.29 is 24.2 Å². The normalized spacial score (nSPS) is 20.1. The Balaban J connectivity index is 2.66. The Hall–Kier alpha value is -1.59. The molecule has 1 aliphatic heterocycles. The minimum Gasteiger partial charge on any atom is -0.480 e. The van der Waals surface area contributed by atoms with Crippen molar-refractivity contribution in [2.75, 3.05) is 13.2 Å². The molecule has 1 atom stereocenters. The summed E-state index contributed by atoms with van der Waals surface area (Å²) in [6, 6.07) is -0.887. The van der Waals surface area contributed by atoms with Gasteiger partial charge in [-0.2, -0.15) is 0 Å². The van der Waals surface area contributed by atoms with Crippen LogP contribution in [0.15, 0.2) is 0 Å². The number of ether oxygens (including phenoxy) is 1. The van der Waals surface area contributed by atoms with E-state index in [4.69, 9.17) is 5.11 Å². The second-order valence-electron chi connectivity index (χ2n) is 3.22. The summed E-state index contributed by atoms with van der Waals surface area (Å²) in [7, 11) is 0. The Morgan fingerprint density at radius 1 is 1.47 bits per heavy atom. The lowest BCUT2D eigenvalue weighted by Crippen LogP contribution is -2.44. The van der Waals surface area contributed by atoms with Crippen LogP contribution in [0, 0.1) is 0 Å². The number of carboxylic acid groups (broad SMARTS) is 1. The van der Waals surface area contributed by atoms with Crippen molar-refractivity contribution in [2.45, 2.75) is 25.8 Å². The van der Waals surface area contributed by atoms with Gasteiger partial charge in [0.15, 0.2) is 0 Å². The Morgan fingerprint density at radius 3 is 2.67 bits per heavy atom. The van der Waals surface area contributed by atoms with Gasteiger partial charge in [0.25, 0.3) is 0 Å². The number of carbonyl (C=O) groups is 3. The van der Waals surface area contributed by atoms with Crippen LogP contribution < -0.4 is 0 Å². The fourth-order valence-corrected chi connectivity index (χ4v) is 1.58. The Bertz CT molecular complexity index is 288. The number of nitrogens with zero attached hydrogens (tertiary/aromatic N) is 1. The first-order valence-corrected chi connectivity index (χ1v) is 4.78. The molecule has 0 radical (unpaired) electrons. The summed E-state index contributed by atoms with van der Waals surface area (Å²) >= 11 is 0. The zero-order valence-electron chi connectivity index (χ0n) is 8.43. The maximum absolute atomic E-state index is 11.4. The lowest BCUT2D eigenvalue weighted by atomic mass is 10.2. The molecule has 0 aliphatic carbocycles. The molecule has 1 saturated heterocycles. The molecule has 1 heterocycles. The first-order chi connectivity index (χ1) is 7.07. The van der Waals surface area contributed by atoms with Crippen LogP contribution in [0.5, 0.6) is 0 Å². The van der Waals surface area contributed by atoms with E-state index in [1.165, 1.54) is 0 Å². The van der Waals surface area contributed by atoms with Crippen LogP contribution in [0.2, 0.25) is 0 Å². The monoisotopic (exact) mass is 215 g/mol. The summed E-state index contributed by atoms with van der Waals surface area (Å²) in [5, 5.41) is 8.80. The first kappa shape index (κ1) is 11.5. The molecule has 0 aromatic carbocycles. The van der Waals surface area contributed by atoms with Gasteiger partial charge in [-0.05, 0) is 19.8 Å². The third-order valence-electron chi connectivity index (χ3n) is 2.25. The number of amides is 1. The van der Waals surface area contributed by atoms with E-state index in [0.29, 0.717) is 19.4 Å². The average Bonchev–Trinajstić information content (AvgIpc) is 2.65. The van der Waals surface area contributed by atoms with Crippen LogP contribution in [0.1, 0.15) is 19.8 Å². The minimum atomic E-state index is -1.08. The van der Waals surface area contributed by atoms with Crippen LogP contribution in [0.4, 0.5) is 0 Å². The van der Waals surface area contributed by atoms with E-state index < -0.39 is 23.9 Å². The SMILES string of the molecule is CCOC(=O)C(=O)N1CCCC1C(=O)O. The van der Waals surface area contributed by atoms with Crippen molar-refractivity contribution in [3.8, 4) is 0 Å². The van der Waals surface area contributed by atoms with E-state index in [9.17, 15) is 14.4 Å². The van der Waals surface area contributed by atoms with E-state index in [2.05, 4.69) is 4.74 Å². The van der Waals surface area contributed by atoms with Crippen molar-refractivity contribution in [1.29, 1.82) is 0 Å². The largest absolute Gasteiger partial charge is 0.480 e. The molecule has 1 amide bonds. The van der Waals surface area contributed by atoms with E-state index in [0.717, 1.165) is 4.90 Å². The molecule has 6 nitrogen and oxygen atoms in total. The Kier molecular flexibility index (Phi) is 3.65. The fraction of sp³-hybridized carbons (Fsp3) is 0.667. The van der Waals surface area contributed by atoms with Crippen LogP contribution in [0.3, 0.4) is 0 Å². The maximum Gasteiger partial charge on any atom is 0.397 e. The maximum atomic E-state index is 11.4. The van der Waals surface area contributed by atoms with Crippen molar-refractivity contribution >= 4 is 17.8 Å². The highest BCUT2D eigenvalue weighted by Gasteiger charge is 2.37. The minimum absolute atomic E-state index is 0.107. The van der Waals surface area contributed by atoms with E-state index in [1.807, 2.05) is 0 Å². The highest BCUT2D eigenvalue weighted by Crippen LogP contribution is 2.17. The van der Waals surface area contributed by atoms with Gasteiger partial charge in [0.1, 0.15) is 6.04 Å². The van der Waals surface area contributed by atoms with Crippen LogP contribution in [-0.2, 0) is 19.1 Å². The molecule has 1 fully saturated rings. The Morgan fingerprint density at radius 2 is 2.13 bits per heavy atom. The van der Waals surface area contributed by atoms with Crippen LogP contribution >= 0.6 is 0 Å². The molecule has 84 valence electrons. The van der Waals surface area contributed by atoms with E-state index in [1.54, 1.807) is 6.92 Å². The number of hydrogen-bond donors (Lipinski definition) is 1. The van der Waals surface area contributed by atoms with Crippen molar-refractivity contribution in [1.82, 2.24) is 4.90 Å². The zero-order valence-corrected chi connectivity index (χ0v) is 8.43. The molecule has 0 spiro atoms. The molecule has 0 bridgehead atoms. The number of hydrogen-bond acceptors (Lipinski definition) is 4. The van der Waals surface area contributed by atoms with Crippen molar-refractivity contribution in [2.24, 2.45) is 0 Å². The summed E-state index contributed by atoms with van der Waals surface area (Å²) in [4.78, 5) is 34.3. The van der Waals surface area contributed by atoms with Gasteiger partial charge in [-0.1, -0.05) is 0 Å². The topological polar surface area (TPSA) is 83.9 Å². The van der Waals surface area contributed by atoms with Crippen LogP contribution in [0.25, 0.3) is 0 Å². The van der Waals surface area contributed by atoms with Crippen molar-refractivity contribution in [3.05, 3.63) is 0 Å². The summed E-state index contributed by atoms with van der Waals surface area (Å²) in [6.45, 7) is 1.99. The predicted molar refractivity (Wildman–Crippen MR) is 49.0 cm³/mol. The molecule has 0 saturated carbocycles. The highest BCUT2D eigenvalue weighted by atomic mass is 16.5. The number of carbonyl (C=O) groups excluding carboxylic acids is 2. The summed E-state index contributed by atoms with van der Waals surface area (Å²) in [6.07, 6.45) is 0.989. The Labute approximate surface area is 86.8 Å². The van der Waals surface area contributed by atoms with Gasteiger partial charge in [0.05, 0.1) is 6.61 Å². The lowest BCUT2D eigenvalue weighted by molar-refractivity contribution is -0.162. The second-order valence-corrected chi connectivity index (χ2v) is 3.22. The number of likely N-dealkylation sites (tertiary alicyclic amines) is 1. The predicted octanol–water partition coefficient (Wildman–Crippen LogP) is -0.375. The van der Waals surface area contributed by atoms with Crippen LogP contribution in [-0.4, -0.2) is 47.0 Å². The molecular formula is C9H13NO5. The molecule has 1 rings (SSSR count). The quantitative estimate of drug-likeness (QED) is 0.501.